The molecule has 0 atom stereocenters. The Morgan fingerprint density at radius 3 is 3.00 bits per heavy atom. The van der Waals surface area contributed by atoms with Crippen LogP contribution in [0.25, 0.3) is 5.70 Å². The maximum Gasteiger partial charge on any atom is 0.200 e. The number of alkyl halides is 1. The molecule has 1 aliphatic rings. The fourth-order valence-electron chi connectivity index (χ4n) is 2.54. The molecule has 0 radical (unpaired) electrons. The van der Waals surface area contributed by atoms with Gasteiger partial charge in [0, 0.05) is 15.9 Å². The standard InChI is InChI=1S/C19H26BrNO2S/c1-3-6-16-13-15(8-9-17(16)22-12-5-10-20)14(2)21-19-18(24)7-4-11-23-19/h8-9,13,21,24H,2-7,10-12H2,1H3. The van der Waals surface area contributed by atoms with Gasteiger partial charge in [0.05, 0.1) is 13.2 Å². The van der Waals surface area contributed by atoms with E-state index in [9.17, 15) is 0 Å². The molecule has 0 aromatic heterocycles. The molecule has 0 fully saturated rings. The normalized spacial score (nSPS) is 14.3. The minimum Gasteiger partial charge on any atom is -0.493 e. The van der Waals surface area contributed by atoms with E-state index in [-0.39, 0.29) is 0 Å². The van der Waals surface area contributed by atoms with Gasteiger partial charge >= 0.3 is 0 Å². The van der Waals surface area contributed by atoms with Crippen LogP contribution < -0.4 is 10.1 Å². The number of hydrogen-bond acceptors (Lipinski definition) is 4. The molecule has 24 heavy (non-hydrogen) atoms. The van der Waals surface area contributed by atoms with E-state index in [4.69, 9.17) is 9.47 Å². The lowest BCUT2D eigenvalue weighted by Gasteiger charge is -2.21. The zero-order chi connectivity index (χ0) is 17.4. The summed E-state index contributed by atoms with van der Waals surface area (Å²) < 4.78 is 11.6. The second-order valence-electron chi connectivity index (χ2n) is 5.79. The van der Waals surface area contributed by atoms with Crippen LogP contribution in [0.15, 0.2) is 35.6 Å². The van der Waals surface area contributed by atoms with Crippen LogP contribution in [0.5, 0.6) is 5.75 Å². The van der Waals surface area contributed by atoms with Crippen molar-refractivity contribution < 1.29 is 9.47 Å². The molecule has 5 heteroatoms. The second kappa shape index (κ2) is 10.0. The van der Waals surface area contributed by atoms with Gasteiger partial charge in [-0.25, -0.2) is 0 Å². The first-order valence-electron chi connectivity index (χ1n) is 8.48. The minimum atomic E-state index is 0.723. The van der Waals surface area contributed by atoms with Gasteiger partial charge in [0.1, 0.15) is 5.75 Å². The summed E-state index contributed by atoms with van der Waals surface area (Å²) in [5.74, 6) is 1.70. The fraction of sp³-hybridized carbons (Fsp3) is 0.474. The Kier molecular flexibility index (Phi) is 8.06. The molecule has 0 aliphatic carbocycles. The van der Waals surface area contributed by atoms with Crippen LogP contribution in [-0.2, 0) is 11.2 Å². The van der Waals surface area contributed by atoms with Crippen molar-refractivity contribution in [2.24, 2.45) is 0 Å². The quantitative estimate of drug-likeness (QED) is 0.329. The van der Waals surface area contributed by atoms with Crippen molar-refractivity contribution in [2.45, 2.75) is 39.0 Å². The summed E-state index contributed by atoms with van der Waals surface area (Å²) >= 11 is 7.92. The third-order valence-electron chi connectivity index (χ3n) is 3.79. The van der Waals surface area contributed by atoms with Crippen molar-refractivity contribution in [1.29, 1.82) is 0 Å². The highest BCUT2D eigenvalue weighted by molar-refractivity contribution is 9.09. The van der Waals surface area contributed by atoms with E-state index in [1.54, 1.807) is 0 Å². The molecule has 2 rings (SSSR count). The molecule has 3 nitrogen and oxygen atoms in total. The number of rotatable bonds is 9. The molecule has 0 spiro atoms. The van der Waals surface area contributed by atoms with Crippen molar-refractivity contribution in [1.82, 2.24) is 5.32 Å². The van der Waals surface area contributed by atoms with Gasteiger partial charge in [0.25, 0.3) is 0 Å². The SMILES string of the molecule is C=C(NC1=C(S)CCCO1)c1ccc(OCCCBr)c(CCC)c1. The largest absolute Gasteiger partial charge is 0.493 e. The van der Waals surface area contributed by atoms with Gasteiger partial charge in [-0.15, -0.1) is 12.6 Å². The van der Waals surface area contributed by atoms with Crippen molar-refractivity contribution >= 4 is 34.3 Å². The number of aryl methyl sites for hydroxylation is 1. The van der Waals surface area contributed by atoms with Crippen LogP contribution in [0.4, 0.5) is 0 Å². The number of nitrogens with one attached hydrogen (secondary N) is 1. The summed E-state index contributed by atoms with van der Waals surface area (Å²) in [6.07, 6.45) is 5.02. The van der Waals surface area contributed by atoms with Crippen LogP contribution in [0, 0.1) is 0 Å². The van der Waals surface area contributed by atoms with Gasteiger partial charge in [0.15, 0.2) is 0 Å². The van der Waals surface area contributed by atoms with Crippen molar-refractivity contribution in [3.8, 4) is 5.75 Å². The summed E-state index contributed by atoms with van der Waals surface area (Å²) in [6, 6.07) is 6.24. The molecule has 0 saturated heterocycles. The third kappa shape index (κ3) is 5.49. The highest BCUT2D eigenvalue weighted by Gasteiger charge is 2.13. The molecule has 1 aromatic rings. The monoisotopic (exact) mass is 411 g/mol. The van der Waals surface area contributed by atoms with Crippen LogP contribution in [0.3, 0.4) is 0 Å². The lowest BCUT2D eigenvalue weighted by atomic mass is 10.0. The summed E-state index contributed by atoms with van der Waals surface area (Å²) in [7, 11) is 0. The molecule has 0 amide bonds. The number of thiol groups is 1. The number of hydrogen-bond donors (Lipinski definition) is 2. The van der Waals surface area contributed by atoms with E-state index in [0.29, 0.717) is 0 Å². The predicted octanol–water partition coefficient (Wildman–Crippen LogP) is 5.27. The third-order valence-corrected chi connectivity index (χ3v) is 4.78. The van der Waals surface area contributed by atoms with Gasteiger partial charge in [-0.05, 0) is 55.0 Å². The van der Waals surface area contributed by atoms with Crippen molar-refractivity contribution in [3.63, 3.8) is 0 Å². The van der Waals surface area contributed by atoms with Crippen LogP contribution in [0.1, 0.15) is 43.7 Å². The molecular weight excluding hydrogens is 386 g/mol. The van der Waals surface area contributed by atoms with Crippen LogP contribution >= 0.6 is 28.6 Å². The lowest BCUT2D eigenvalue weighted by Crippen LogP contribution is -2.19. The van der Waals surface area contributed by atoms with Gasteiger partial charge in [-0.2, -0.15) is 0 Å². The minimum absolute atomic E-state index is 0.723. The van der Waals surface area contributed by atoms with Crippen molar-refractivity contribution in [3.05, 3.63) is 46.7 Å². The zero-order valence-electron chi connectivity index (χ0n) is 14.2. The van der Waals surface area contributed by atoms with Crippen LogP contribution in [0.2, 0.25) is 0 Å². The Labute approximate surface area is 159 Å². The Morgan fingerprint density at radius 1 is 1.46 bits per heavy atom. The maximum absolute atomic E-state index is 5.91. The van der Waals surface area contributed by atoms with E-state index in [2.05, 4.69) is 53.4 Å². The highest BCUT2D eigenvalue weighted by atomic mass is 79.9. The summed E-state index contributed by atoms with van der Waals surface area (Å²) in [6.45, 7) is 7.78. The second-order valence-corrected chi connectivity index (χ2v) is 7.13. The first-order chi connectivity index (χ1) is 11.7. The molecule has 1 N–H and O–H groups in total. The number of halogens is 1. The molecule has 1 aliphatic heterocycles. The van der Waals surface area contributed by atoms with E-state index >= 15 is 0 Å². The van der Waals surface area contributed by atoms with Gasteiger partial charge < -0.3 is 14.8 Å². The summed E-state index contributed by atoms with van der Waals surface area (Å²) in [4.78, 5) is 0.950. The van der Waals surface area contributed by atoms with Gasteiger partial charge in [-0.3, -0.25) is 0 Å². The molecule has 0 bridgehead atoms. The Morgan fingerprint density at radius 2 is 2.29 bits per heavy atom. The number of ether oxygens (including phenoxy) is 2. The van der Waals surface area contributed by atoms with E-state index in [1.165, 1.54) is 5.56 Å². The Hall–Kier alpha value is -1.07. The topological polar surface area (TPSA) is 30.5 Å². The Bertz CT molecular complexity index is 601. The first kappa shape index (κ1) is 19.3. The van der Waals surface area contributed by atoms with E-state index in [0.717, 1.165) is 78.4 Å². The number of allylic oxidation sites excluding steroid dienone is 1. The Balaban J connectivity index is 2.11. The lowest BCUT2D eigenvalue weighted by molar-refractivity contribution is 0.179. The highest BCUT2D eigenvalue weighted by Crippen LogP contribution is 2.26. The van der Waals surface area contributed by atoms with E-state index < -0.39 is 0 Å². The average Bonchev–Trinajstić information content (AvgIpc) is 2.58. The van der Waals surface area contributed by atoms with Crippen molar-refractivity contribution in [2.75, 3.05) is 18.5 Å². The van der Waals surface area contributed by atoms with Crippen LogP contribution in [-0.4, -0.2) is 18.5 Å². The molecule has 1 aromatic carbocycles. The number of benzene rings is 1. The average molecular weight is 412 g/mol. The summed E-state index contributed by atoms with van der Waals surface area (Å²) in [5.41, 5.74) is 3.09. The maximum atomic E-state index is 5.91. The molecule has 0 saturated carbocycles. The molecule has 1 heterocycles. The fourth-order valence-corrected chi connectivity index (χ4v) is 3.04. The predicted molar refractivity (Wildman–Crippen MR) is 108 cm³/mol. The van der Waals surface area contributed by atoms with Gasteiger partial charge in [-0.1, -0.05) is 35.9 Å². The molecule has 0 unspecified atom stereocenters. The first-order valence-corrected chi connectivity index (χ1v) is 10.1. The zero-order valence-corrected chi connectivity index (χ0v) is 16.7. The smallest absolute Gasteiger partial charge is 0.200 e. The molecular formula is C19H26BrNO2S. The van der Waals surface area contributed by atoms with E-state index in [1.807, 2.05) is 12.1 Å². The van der Waals surface area contributed by atoms with Gasteiger partial charge in [0.2, 0.25) is 5.88 Å². The molecule has 132 valence electrons. The summed E-state index contributed by atoms with van der Waals surface area (Å²) in [5, 5.41) is 4.22.